The lowest BCUT2D eigenvalue weighted by Crippen LogP contribution is -2.46. The normalized spacial score (nSPS) is 51.7. The van der Waals surface area contributed by atoms with Crippen LogP contribution in [0.4, 0.5) is 0 Å². The van der Waals surface area contributed by atoms with Crippen LogP contribution in [0.1, 0.15) is 53.9 Å². The molecule has 4 rings (SSSR count). The Bertz CT molecular complexity index is 702. The number of ketones is 3. The van der Waals surface area contributed by atoms with Crippen LogP contribution in [0.5, 0.6) is 0 Å². The van der Waals surface area contributed by atoms with Crippen LogP contribution in [0.3, 0.4) is 0 Å². The lowest BCUT2D eigenvalue weighted by atomic mass is 9.64. The fraction of sp³-hybridized carbons (Fsp3) is 0.750. The number of hydrogen-bond donors (Lipinski definition) is 0. The van der Waals surface area contributed by atoms with Gasteiger partial charge in [-0.3, -0.25) is 14.4 Å². The molecule has 0 aromatic heterocycles. The molecule has 0 aromatic carbocycles. The van der Waals surface area contributed by atoms with E-state index in [1.165, 1.54) is 0 Å². The number of rotatable bonds is 0. The predicted octanol–water partition coefficient (Wildman–Crippen LogP) is 2.89. The second-order valence-electron chi connectivity index (χ2n) is 9.32. The minimum atomic E-state index is -1.06. The molecule has 1 spiro atoms. The highest BCUT2D eigenvalue weighted by molar-refractivity contribution is 6.11. The van der Waals surface area contributed by atoms with E-state index < -0.39 is 11.0 Å². The molecule has 1 aliphatic heterocycles. The predicted molar refractivity (Wildman–Crippen MR) is 88.3 cm³/mol. The molecule has 1 heterocycles. The van der Waals surface area contributed by atoms with Crippen LogP contribution in [0.25, 0.3) is 0 Å². The highest BCUT2D eigenvalue weighted by atomic mass is 16.6. The van der Waals surface area contributed by atoms with E-state index in [4.69, 9.17) is 4.74 Å². The number of carbonyl (C=O) groups is 3. The second kappa shape index (κ2) is 4.46. The Morgan fingerprint density at radius 2 is 1.83 bits per heavy atom. The van der Waals surface area contributed by atoms with E-state index in [9.17, 15) is 14.4 Å². The monoisotopic (exact) mass is 330 g/mol. The van der Waals surface area contributed by atoms with Crippen molar-refractivity contribution in [2.75, 3.05) is 0 Å². The first kappa shape index (κ1) is 16.2. The largest absolute Gasteiger partial charge is 0.361 e. The summed E-state index contributed by atoms with van der Waals surface area (Å²) in [4.78, 5) is 39.3. The first-order valence-electron chi connectivity index (χ1n) is 9.02. The van der Waals surface area contributed by atoms with Gasteiger partial charge in [0, 0.05) is 12.8 Å². The average molecular weight is 330 g/mol. The Morgan fingerprint density at radius 1 is 1.17 bits per heavy atom. The van der Waals surface area contributed by atoms with Gasteiger partial charge in [-0.1, -0.05) is 20.8 Å². The van der Waals surface area contributed by atoms with Gasteiger partial charge in [0.05, 0.1) is 17.4 Å². The van der Waals surface area contributed by atoms with Crippen LogP contribution in [-0.2, 0) is 19.1 Å². The molecule has 6 atom stereocenters. The van der Waals surface area contributed by atoms with Crippen molar-refractivity contribution in [3.05, 3.63) is 11.6 Å². The first-order chi connectivity index (χ1) is 11.0. The maximum Gasteiger partial charge on any atom is 0.158 e. The number of Topliss-reactive ketones (excluding diaryl/α,β-unsaturated/α-hetero) is 3. The van der Waals surface area contributed by atoms with E-state index in [1.54, 1.807) is 6.92 Å². The van der Waals surface area contributed by atoms with Gasteiger partial charge in [-0.2, -0.15) is 0 Å². The molecule has 0 bridgehead atoms. The number of epoxide rings is 1. The zero-order valence-electron chi connectivity index (χ0n) is 15.1. The molecule has 0 N–H and O–H groups in total. The molecule has 130 valence electrons. The molecule has 0 radical (unpaired) electrons. The molecular formula is C20H26O4. The third kappa shape index (κ3) is 1.75. The van der Waals surface area contributed by atoms with Crippen molar-refractivity contribution in [1.29, 1.82) is 0 Å². The molecule has 0 unspecified atom stereocenters. The molecule has 1 saturated heterocycles. The van der Waals surface area contributed by atoms with Crippen molar-refractivity contribution in [3.8, 4) is 0 Å². The SMILES string of the molecule is C/C1=C\[C@]23O[C@H]2[C@@H](C)C[C@@H]3C(=O)[C@@]2(C)C(=O)CC(C)(C)[C@H]2CC1=O. The summed E-state index contributed by atoms with van der Waals surface area (Å²) in [5.41, 5.74) is -1.34. The third-order valence-electron chi connectivity index (χ3n) is 7.32. The fourth-order valence-electron chi connectivity index (χ4n) is 5.85. The number of fused-ring (bicyclic) bond motifs is 1. The summed E-state index contributed by atoms with van der Waals surface area (Å²) >= 11 is 0. The Hall–Kier alpha value is -1.29. The molecule has 0 aromatic rings. The molecule has 3 fully saturated rings. The van der Waals surface area contributed by atoms with E-state index in [0.717, 1.165) is 6.42 Å². The van der Waals surface area contributed by atoms with Crippen molar-refractivity contribution in [2.24, 2.45) is 28.6 Å². The molecule has 4 heteroatoms. The van der Waals surface area contributed by atoms with Crippen LogP contribution in [0.2, 0.25) is 0 Å². The first-order valence-corrected chi connectivity index (χ1v) is 9.02. The molecule has 24 heavy (non-hydrogen) atoms. The molecular weight excluding hydrogens is 304 g/mol. The highest BCUT2D eigenvalue weighted by Crippen LogP contribution is 2.63. The van der Waals surface area contributed by atoms with Crippen molar-refractivity contribution in [3.63, 3.8) is 0 Å². The van der Waals surface area contributed by atoms with E-state index >= 15 is 0 Å². The summed E-state index contributed by atoms with van der Waals surface area (Å²) in [6.07, 6.45) is 3.30. The van der Waals surface area contributed by atoms with E-state index in [1.807, 2.05) is 26.8 Å². The zero-order valence-corrected chi connectivity index (χ0v) is 15.1. The Labute approximate surface area is 143 Å². The minimum Gasteiger partial charge on any atom is -0.361 e. The van der Waals surface area contributed by atoms with Gasteiger partial charge in [0.25, 0.3) is 0 Å². The summed E-state index contributed by atoms with van der Waals surface area (Å²) in [7, 11) is 0. The van der Waals surface area contributed by atoms with Crippen LogP contribution < -0.4 is 0 Å². The average Bonchev–Trinajstić information content (AvgIpc) is 3.10. The zero-order chi connectivity index (χ0) is 17.7. The van der Waals surface area contributed by atoms with Gasteiger partial charge in [-0.05, 0) is 49.2 Å². The van der Waals surface area contributed by atoms with Crippen LogP contribution in [0, 0.1) is 28.6 Å². The lowest BCUT2D eigenvalue weighted by molar-refractivity contribution is -0.144. The van der Waals surface area contributed by atoms with E-state index in [-0.39, 0.29) is 53.0 Å². The quantitative estimate of drug-likeness (QED) is 0.506. The molecule has 4 nitrogen and oxygen atoms in total. The number of carbonyl (C=O) groups excluding carboxylic acids is 3. The van der Waals surface area contributed by atoms with Crippen molar-refractivity contribution < 1.29 is 19.1 Å². The second-order valence-corrected chi connectivity index (χ2v) is 9.32. The van der Waals surface area contributed by atoms with Crippen molar-refractivity contribution in [1.82, 2.24) is 0 Å². The van der Waals surface area contributed by atoms with Gasteiger partial charge in [0.2, 0.25) is 0 Å². The van der Waals surface area contributed by atoms with Gasteiger partial charge in [-0.25, -0.2) is 0 Å². The topological polar surface area (TPSA) is 63.7 Å². The van der Waals surface area contributed by atoms with Gasteiger partial charge in [0.15, 0.2) is 11.6 Å². The maximum absolute atomic E-state index is 13.6. The summed E-state index contributed by atoms with van der Waals surface area (Å²) in [6, 6.07) is 0. The number of ether oxygens (including phenoxy) is 1. The minimum absolute atomic E-state index is 0.00163. The van der Waals surface area contributed by atoms with Gasteiger partial charge in [0.1, 0.15) is 11.4 Å². The Morgan fingerprint density at radius 3 is 2.46 bits per heavy atom. The number of allylic oxidation sites excluding steroid dienone is 1. The molecule has 0 amide bonds. The standard InChI is InChI=1S/C20H26O4/c1-10-6-12-16(23)19(5)14(18(3,4)9-15(19)22)7-13(21)11(2)8-20(12)17(10)24-20/h8,10,12,14,17H,6-7,9H2,1-5H3/b11-8+/t10-,12+,14+,17-,19+,20+/m0/s1. The van der Waals surface area contributed by atoms with E-state index in [2.05, 4.69) is 6.92 Å². The van der Waals surface area contributed by atoms with Crippen LogP contribution in [-0.4, -0.2) is 29.1 Å². The smallest absolute Gasteiger partial charge is 0.158 e. The summed E-state index contributed by atoms with van der Waals surface area (Å²) < 4.78 is 5.96. The Balaban J connectivity index is 1.89. The van der Waals surface area contributed by atoms with E-state index in [0.29, 0.717) is 12.0 Å². The van der Waals surface area contributed by atoms with Crippen molar-refractivity contribution in [2.45, 2.75) is 65.6 Å². The molecule has 3 aliphatic carbocycles. The third-order valence-corrected chi connectivity index (χ3v) is 7.32. The van der Waals surface area contributed by atoms with Crippen molar-refractivity contribution >= 4 is 17.3 Å². The molecule has 2 saturated carbocycles. The molecule has 4 aliphatic rings. The van der Waals surface area contributed by atoms with Gasteiger partial charge >= 0.3 is 0 Å². The lowest BCUT2D eigenvalue weighted by Gasteiger charge is -2.36. The summed E-state index contributed by atoms with van der Waals surface area (Å²) in [5, 5.41) is 0. The van der Waals surface area contributed by atoms with Crippen LogP contribution in [0.15, 0.2) is 11.6 Å². The van der Waals surface area contributed by atoms with Gasteiger partial charge < -0.3 is 4.74 Å². The van der Waals surface area contributed by atoms with Crippen LogP contribution >= 0.6 is 0 Å². The van der Waals surface area contributed by atoms with Gasteiger partial charge in [-0.15, -0.1) is 0 Å². The highest BCUT2D eigenvalue weighted by Gasteiger charge is 2.73. The number of hydrogen-bond acceptors (Lipinski definition) is 4. The summed E-state index contributed by atoms with van der Waals surface area (Å²) in [6.45, 7) is 9.74. The maximum atomic E-state index is 13.6. The Kier molecular flexibility index (Phi) is 3.01. The summed E-state index contributed by atoms with van der Waals surface area (Å²) in [5.74, 6) is -0.196. The fourth-order valence-corrected chi connectivity index (χ4v) is 5.85.